The van der Waals surface area contributed by atoms with Crippen LogP contribution in [-0.2, 0) is 44.8 Å². The van der Waals surface area contributed by atoms with Crippen molar-refractivity contribution in [2.75, 3.05) is 39.3 Å². The van der Waals surface area contributed by atoms with E-state index >= 15 is 0 Å². The molecule has 1 unspecified atom stereocenters. The summed E-state index contributed by atoms with van der Waals surface area (Å²) in [6, 6.07) is 6.30. The van der Waals surface area contributed by atoms with Crippen LogP contribution in [-0.4, -0.2) is 154 Å². The molecule has 1 saturated heterocycles. The first-order chi connectivity index (χ1) is 28.8. The lowest BCUT2D eigenvalue weighted by molar-refractivity contribution is -0.140. The Kier molecular flexibility index (Phi) is 23.1. The Balaban J connectivity index is 2.04. The number of carbonyl (C=O) groups excluding carboxylic acids is 8. The lowest BCUT2D eigenvalue weighted by atomic mass is 9.94. The van der Waals surface area contributed by atoms with Crippen molar-refractivity contribution in [3.63, 3.8) is 0 Å². The number of likely N-dealkylation sites (tertiary alicyclic amines) is 1. The monoisotopic (exact) mass is 863 g/mol. The number of carbonyl (C=O) groups is 8. The first-order valence-corrected chi connectivity index (χ1v) is 20.7. The van der Waals surface area contributed by atoms with Crippen LogP contribution in [0.5, 0.6) is 0 Å². The average molecular weight is 864 g/mol. The number of amides is 8. The van der Waals surface area contributed by atoms with Crippen molar-refractivity contribution in [1.82, 2.24) is 36.8 Å². The van der Waals surface area contributed by atoms with E-state index < -0.39 is 98.1 Å². The van der Waals surface area contributed by atoms with Gasteiger partial charge in [0.05, 0.1) is 25.8 Å². The maximum atomic E-state index is 13.4. The highest BCUT2D eigenvalue weighted by molar-refractivity contribution is 6.03. The third-order valence-electron chi connectivity index (χ3n) is 10.0. The zero-order chi connectivity index (χ0) is 45.6. The second-order valence-corrected chi connectivity index (χ2v) is 16.0. The zero-order valence-electron chi connectivity index (χ0n) is 35.4. The summed E-state index contributed by atoms with van der Waals surface area (Å²) in [5, 5.41) is 63.6. The molecule has 11 N–H and O–H groups in total. The predicted molar refractivity (Wildman–Crippen MR) is 219 cm³/mol. The van der Waals surface area contributed by atoms with Crippen LogP contribution in [0.4, 0.5) is 0 Å². The molecule has 61 heavy (non-hydrogen) atoms. The molecule has 2 rings (SSSR count). The molecular weight excluding hydrogens is 798 g/mol. The quantitative estimate of drug-likeness (QED) is 0.0299. The summed E-state index contributed by atoms with van der Waals surface area (Å²) in [5.41, 5.74) is 0.705. The van der Waals surface area contributed by atoms with Gasteiger partial charge in [-0.25, -0.2) is 0 Å². The largest absolute Gasteiger partial charge is 0.394 e. The Labute approximate surface area is 356 Å². The zero-order valence-corrected chi connectivity index (χ0v) is 35.4. The van der Waals surface area contributed by atoms with Crippen LogP contribution >= 0.6 is 0 Å². The number of nitrogens with one attached hydrogen (secondary N) is 6. The Hall–Kier alpha value is -5.02. The molecule has 342 valence electrons. The van der Waals surface area contributed by atoms with E-state index in [9.17, 15) is 58.8 Å². The summed E-state index contributed by atoms with van der Waals surface area (Å²) >= 11 is 0. The van der Waals surface area contributed by atoms with Crippen LogP contribution < -0.4 is 31.9 Å². The number of nitrogens with zero attached hydrogens (tertiary/aromatic N) is 1. The van der Waals surface area contributed by atoms with Crippen molar-refractivity contribution in [2.45, 2.75) is 116 Å². The third kappa shape index (κ3) is 19.1. The van der Waals surface area contributed by atoms with Gasteiger partial charge < -0.3 is 57.4 Å². The van der Waals surface area contributed by atoms with Crippen molar-refractivity contribution in [2.24, 2.45) is 17.8 Å². The Morgan fingerprint density at radius 3 is 1.89 bits per heavy atom. The molecule has 0 aliphatic carbocycles. The second kappa shape index (κ2) is 27.0. The van der Waals surface area contributed by atoms with E-state index in [-0.39, 0.29) is 68.3 Å². The summed E-state index contributed by atoms with van der Waals surface area (Å²) in [4.78, 5) is 104. The summed E-state index contributed by atoms with van der Waals surface area (Å²) < 4.78 is 0. The van der Waals surface area contributed by atoms with E-state index in [4.69, 9.17) is 5.11 Å². The van der Waals surface area contributed by atoms with E-state index in [2.05, 4.69) is 31.9 Å². The van der Waals surface area contributed by atoms with Gasteiger partial charge in [0.15, 0.2) is 0 Å². The molecule has 20 heteroatoms. The number of unbranched alkanes of at least 4 members (excludes halogenated alkanes) is 2. The van der Waals surface area contributed by atoms with Gasteiger partial charge in [-0.15, -0.1) is 0 Å². The first kappa shape index (κ1) is 52.1. The van der Waals surface area contributed by atoms with Crippen molar-refractivity contribution in [1.29, 1.82) is 0 Å². The topological polar surface area (TPSA) is 313 Å². The van der Waals surface area contributed by atoms with Crippen molar-refractivity contribution in [3.05, 3.63) is 35.9 Å². The molecule has 1 fully saturated rings. The van der Waals surface area contributed by atoms with Gasteiger partial charge >= 0.3 is 0 Å². The SMILES string of the molecule is CC(C)CNC(=O)CNC(=O)[C@H](Cc1ccccc1)NC(=O)CNC(=O)[C@H](CCC(=O)NC[C@H](O)[C@@H](O)[C@H](O)[C@H](O)CO)NC(=O)CCCCCN1C(=O)CC(C(C)C)C1=O. The van der Waals surface area contributed by atoms with E-state index in [1.54, 1.807) is 30.3 Å². The number of rotatable bonds is 28. The van der Waals surface area contributed by atoms with Crippen LogP contribution in [0.15, 0.2) is 30.3 Å². The fourth-order valence-electron chi connectivity index (χ4n) is 6.26. The van der Waals surface area contributed by atoms with Gasteiger partial charge in [0, 0.05) is 51.2 Å². The van der Waals surface area contributed by atoms with Crippen LogP contribution in [0.1, 0.15) is 78.2 Å². The summed E-state index contributed by atoms with van der Waals surface area (Å²) in [7, 11) is 0. The minimum Gasteiger partial charge on any atom is -0.394 e. The van der Waals surface area contributed by atoms with Crippen LogP contribution in [0.3, 0.4) is 0 Å². The van der Waals surface area contributed by atoms with Crippen molar-refractivity contribution < 1.29 is 63.9 Å². The Morgan fingerprint density at radius 2 is 1.28 bits per heavy atom. The minimum absolute atomic E-state index is 0.0323. The summed E-state index contributed by atoms with van der Waals surface area (Å²) in [5.74, 6) is -4.53. The lowest BCUT2D eigenvalue weighted by Crippen LogP contribution is -2.53. The van der Waals surface area contributed by atoms with Gasteiger partial charge in [0.25, 0.3) is 0 Å². The number of hydrogen-bond acceptors (Lipinski definition) is 13. The lowest BCUT2D eigenvalue weighted by Gasteiger charge is -2.25. The maximum absolute atomic E-state index is 13.4. The van der Waals surface area contributed by atoms with Gasteiger partial charge in [0.1, 0.15) is 30.4 Å². The molecule has 0 radical (unpaired) electrons. The van der Waals surface area contributed by atoms with Crippen LogP contribution in [0, 0.1) is 17.8 Å². The molecule has 0 aromatic heterocycles. The van der Waals surface area contributed by atoms with Gasteiger partial charge in [-0.3, -0.25) is 43.3 Å². The highest BCUT2D eigenvalue weighted by Gasteiger charge is 2.39. The highest BCUT2D eigenvalue weighted by atomic mass is 16.4. The Morgan fingerprint density at radius 1 is 0.689 bits per heavy atom. The standard InChI is InChI=1S/C41H65N7O13/c1-24(2)19-42-34(54)21-44-40(60)29(17-26-11-7-5-8-12-26)47-35(55)22-45-39(59)28(14-15-32(52)43-20-30(50)37(57)38(58)31(51)23-49)46-33(53)13-9-6-10-16-48-36(56)18-27(25(3)4)41(48)61/h5,7-8,11-12,24-25,27-31,37-38,49-51,57-58H,6,9-10,13-23H2,1-4H3,(H,42,54)(H,43,52)(H,44,60)(H,45,59)(H,46,53)(H,47,55)/t27?,28-,29-,30-,31+,37+,38+/m0/s1. The molecule has 0 spiro atoms. The van der Waals surface area contributed by atoms with E-state index in [0.29, 0.717) is 31.4 Å². The Bertz CT molecular complexity index is 1610. The fraction of sp³-hybridized carbons (Fsp3) is 0.659. The molecule has 0 saturated carbocycles. The summed E-state index contributed by atoms with van der Waals surface area (Å²) in [6.45, 7) is 5.79. The first-order valence-electron chi connectivity index (χ1n) is 20.7. The molecule has 1 aromatic rings. The van der Waals surface area contributed by atoms with E-state index in [1.165, 1.54) is 4.90 Å². The number of benzene rings is 1. The maximum Gasteiger partial charge on any atom is 0.243 e. The minimum atomic E-state index is -1.92. The van der Waals surface area contributed by atoms with Crippen molar-refractivity contribution >= 4 is 47.3 Å². The van der Waals surface area contributed by atoms with Gasteiger partial charge in [-0.2, -0.15) is 0 Å². The van der Waals surface area contributed by atoms with Crippen molar-refractivity contribution in [3.8, 4) is 0 Å². The molecule has 20 nitrogen and oxygen atoms in total. The van der Waals surface area contributed by atoms with Gasteiger partial charge in [-0.1, -0.05) is 64.4 Å². The number of aliphatic hydroxyl groups excluding tert-OH is 5. The summed E-state index contributed by atoms with van der Waals surface area (Å²) in [6.07, 6.45) is -6.55. The molecule has 7 atom stereocenters. The molecule has 0 bridgehead atoms. The van der Waals surface area contributed by atoms with Crippen LogP contribution in [0.2, 0.25) is 0 Å². The molecule has 1 heterocycles. The predicted octanol–water partition coefficient (Wildman–Crippen LogP) is -2.87. The smallest absolute Gasteiger partial charge is 0.243 e. The number of aliphatic hydroxyl groups is 5. The normalized spacial score (nSPS) is 16.9. The van der Waals surface area contributed by atoms with E-state index in [1.807, 2.05) is 27.7 Å². The molecular formula is C41H65N7O13. The number of imide groups is 1. The second-order valence-electron chi connectivity index (χ2n) is 16.0. The fourth-order valence-corrected chi connectivity index (χ4v) is 6.26. The highest BCUT2D eigenvalue weighted by Crippen LogP contribution is 2.26. The molecule has 1 aromatic carbocycles. The van der Waals surface area contributed by atoms with E-state index in [0.717, 1.165) is 0 Å². The van der Waals surface area contributed by atoms with Crippen LogP contribution in [0.25, 0.3) is 0 Å². The molecule has 1 aliphatic rings. The third-order valence-corrected chi connectivity index (χ3v) is 10.0. The molecule has 8 amide bonds. The van der Waals surface area contributed by atoms with Gasteiger partial charge in [0.2, 0.25) is 47.3 Å². The number of hydrogen-bond donors (Lipinski definition) is 11. The van der Waals surface area contributed by atoms with Gasteiger partial charge in [-0.05, 0) is 36.7 Å². The average Bonchev–Trinajstić information content (AvgIpc) is 3.52. The molecule has 1 aliphatic heterocycles.